The third-order valence-corrected chi connectivity index (χ3v) is 2.39. The molecule has 1 atom stereocenters. The largest absolute Gasteiger partial charge is 0.493 e. The number of aromatic nitrogens is 1. The van der Waals surface area contributed by atoms with Gasteiger partial charge >= 0.3 is 0 Å². The number of hydrogen-bond acceptors (Lipinski definition) is 3. The maximum Gasteiger partial charge on any atom is 0.168 e. The van der Waals surface area contributed by atoms with Gasteiger partial charge in [0.2, 0.25) is 0 Å². The van der Waals surface area contributed by atoms with Crippen LogP contribution in [0.2, 0.25) is 0 Å². The summed E-state index contributed by atoms with van der Waals surface area (Å²) in [4.78, 5) is 4.16. The average Bonchev–Trinajstić information content (AvgIpc) is 2.26. The summed E-state index contributed by atoms with van der Waals surface area (Å²) in [5.41, 5.74) is 0. The minimum atomic E-state index is 0.127. The van der Waals surface area contributed by atoms with Crippen LogP contribution in [0.1, 0.15) is 13.3 Å². The lowest BCUT2D eigenvalue weighted by molar-refractivity contribution is 0.415. The molecule has 0 aromatic carbocycles. The van der Waals surface area contributed by atoms with Crippen molar-refractivity contribution in [3.63, 3.8) is 0 Å². The van der Waals surface area contributed by atoms with Crippen molar-refractivity contribution in [1.29, 1.82) is 0 Å². The van der Waals surface area contributed by atoms with Crippen LogP contribution in [0.15, 0.2) is 18.3 Å². The number of hydrogen-bond donors (Lipinski definition) is 1. The maximum absolute atomic E-state index is 5.98. The van der Waals surface area contributed by atoms with Crippen molar-refractivity contribution in [2.45, 2.75) is 18.7 Å². The summed E-state index contributed by atoms with van der Waals surface area (Å²) in [5, 5.41) is 3.27. The van der Waals surface area contributed by atoms with E-state index in [4.69, 9.17) is 16.3 Å². The fraction of sp³-hybridized carbons (Fsp3) is 0.500. The van der Waals surface area contributed by atoms with Crippen LogP contribution in [0.4, 0.5) is 5.82 Å². The lowest BCUT2D eigenvalue weighted by atomic mass is 10.3. The third kappa shape index (κ3) is 3.07. The summed E-state index contributed by atoms with van der Waals surface area (Å²) in [5.74, 6) is 1.49. The quantitative estimate of drug-likeness (QED) is 0.765. The molecular weight excluding hydrogens is 200 g/mol. The summed E-state index contributed by atoms with van der Waals surface area (Å²) in [6, 6.07) is 3.70. The fourth-order valence-electron chi connectivity index (χ4n) is 1.04. The number of nitrogens with one attached hydrogen (secondary N) is 1. The predicted octanol–water partition coefficient (Wildman–Crippen LogP) is 2.52. The zero-order valence-electron chi connectivity index (χ0n) is 8.46. The SMILES string of the molecule is CCC(Cl)CNc1ncccc1OC. The van der Waals surface area contributed by atoms with Gasteiger partial charge in [-0.05, 0) is 18.6 Å². The molecule has 14 heavy (non-hydrogen) atoms. The van der Waals surface area contributed by atoms with Crippen LogP contribution in [0.5, 0.6) is 5.75 Å². The molecule has 0 aliphatic carbocycles. The Labute approximate surface area is 89.4 Å². The van der Waals surface area contributed by atoms with E-state index in [1.165, 1.54) is 0 Å². The van der Waals surface area contributed by atoms with Gasteiger partial charge in [0.1, 0.15) is 0 Å². The van der Waals surface area contributed by atoms with Crippen molar-refractivity contribution in [2.24, 2.45) is 0 Å². The molecule has 1 N–H and O–H groups in total. The number of ether oxygens (including phenoxy) is 1. The number of nitrogens with zero attached hydrogens (tertiary/aromatic N) is 1. The molecule has 0 bridgehead atoms. The van der Waals surface area contributed by atoms with Gasteiger partial charge in [0.05, 0.1) is 12.5 Å². The second-order valence-corrected chi connectivity index (χ2v) is 3.56. The third-order valence-electron chi connectivity index (χ3n) is 1.92. The van der Waals surface area contributed by atoms with Crippen molar-refractivity contribution in [3.05, 3.63) is 18.3 Å². The lowest BCUT2D eigenvalue weighted by Gasteiger charge is -2.11. The molecule has 1 aromatic rings. The Morgan fingerprint density at radius 2 is 2.43 bits per heavy atom. The van der Waals surface area contributed by atoms with Crippen LogP contribution in [0, 0.1) is 0 Å². The normalized spacial score (nSPS) is 12.2. The van der Waals surface area contributed by atoms with Gasteiger partial charge in [-0.25, -0.2) is 4.98 Å². The van der Waals surface area contributed by atoms with E-state index in [0.717, 1.165) is 18.0 Å². The Bertz CT molecular complexity index is 281. The Morgan fingerprint density at radius 1 is 1.64 bits per heavy atom. The van der Waals surface area contributed by atoms with Gasteiger partial charge in [0.25, 0.3) is 0 Å². The molecule has 1 heterocycles. The van der Waals surface area contributed by atoms with Gasteiger partial charge in [-0.1, -0.05) is 6.92 Å². The highest BCUT2D eigenvalue weighted by molar-refractivity contribution is 6.20. The van der Waals surface area contributed by atoms with Crippen molar-refractivity contribution in [3.8, 4) is 5.75 Å². The molecule has 4 heteroatoms. The predicted molar refractivity (Wildman–Crippen MR) is 59.2 cm³/mol. The van der Waals surface area contributed by atoms with E-state index in [0.29, 0.717) is 6.54 Å². The first-order valence-corrected chi connectivity index (χ1v) is 5.08. The van der Waals surface area contributed by atoms with E-state index < -0.39 is 0 Å². The van der Waals surface area contributed by atoms with Crippen LogP contribution in [-0.4, -0.2) is 24.0 Å². The molecule has 3 nitrogen and oxygen atoms in total. The molecule has 0 radical (unpaired) electrons. The molecule has 0 amide bonds. The van der Waals surface area contributed by atoms with Gasteiger partial charge in [0.15, 0.2) is 11.6 Å². The van der Waals surface area contributed by atoms with Crippen molar-refractivity contribution in [1.82, 2.24) is 4.98 Å². The van der Waals surface area contributed by atoms with E-state index in [1.807, 2.05) is 12.1 Å². The van der Waals surface area contributed by atoms with Gasteiger partial charge in [-0.3, -0.25) is 0 Å². The Hall–Kier alpha value is -0.960. The van der Waals surface area contributed by atoms with Gasteiger partial charge in [0, 0.05) is 12.7 Å². The smallest absolute Gasteiger partial charge is 0.168 e. The van der Waals surface area contributed by atoms with Crippen LogP contribution in [0.25, 0.3) is 0 Å². The summed E-state index contributed by atoms with van der Waals surface area (Å²) in [7, 11) is 1.63. The van der Waals surface area contributed by atoms with Crippen LogP contribution in [0.3, 0.4) is 0 Å². The molecule has 1 aromatic heterocycles. The van der Waals surface area contributed by atoms with E-state index in [1.54, 1.807) is 13.3 Å². The number of alkyl halides is 1. The molecule has 1 unspecified atom stereocenters. The van der Waals surface area contributed by atoms with Crippen LogP contribution < -0.4 is 10.1 Å². The summed E-state index contributed by atoms with van der Waals surface area (Å²) in [6.45, 7) is 2.75. The summed E-state index contributed by atoms with van der Waals surface area (Å²) >= 11 is 5.98. The standard InChI is InChI=1S/C10H15ClN2O/c1-3-8(11)7-13-10-9(14-2)5-4-6-12-10/h4-6,8H,3,7H2,1-2H3,(H,12,13). The Balaban J connectivity index is 2.57. The average molecular weight is 215 g/mol. The van der Waals surface area contributed by atoms with E-state index in [2.05, 4.69) is 17.2 Å². The molecule has 0 saturated carbocycles. The van der Waals surface area contributed by atoms with Crippen molar-refractivity contribution < 1.29 is 4.74 Å². The number of halogens is 1. The molecule has 1 rings (SSSR count). The number of pyridine rings is 1. The first-order chi connectivity index (χ1) is 6.77. The monoisotopic (exact) mass is 214 g/mol. The van der Waals surface area contributed by atoms with Gasteiger partial charge in [-0.2, -0.15) is 0 Å². The second kappa shape index (κ2) is 5.70. The Morgan fingerprint density at radius 3 is 3.07 bits per heavy atom. The minimum absolute atomic E-state index is 0.127. The Kier molecular flexibility index (Phi) is 4.53. The molecule has 0 spiro atoms. The first-order valence-electron chi connectivity index (χ1n) is 4.64. The second-order valence-electron chi connectivity index (χ2n) is 2.94. The van der Waals surface area contributed by atoms with E-state index in [-0.39, 0.29) is 5.38 Å². The molecule has 0 saturated heterocycles. The number of rotatable bonds is 5. The highest BCUT2D eigenvalue weighted by Gasteiger charge is 2.05. The minimum Gasteiger partial charge on any atom is -0.493 e. The van der Waals surface area contributed by atoms with E-state index >= 15 is 0 Å². The van der Waals surface area contributed by atoms with Crippen LogP contribution in [-0.2, 0) is 0 Å². The highest BCUT2D eigenvalue weighted by Crippen LogP contribution is 2.20. The highest BCUT2D eigenvalue weighted by atomic mass is 35.5. The zero-order valence-corrected chi connectivity index (χ0v) is 9.21. The maximum atomic E-state index is 5.98. The number of anilines is 1. The molecule has 78 valence electrons. The number of methoxy groups -OCH3 is 1. The zero-order chi connectivity index (χ0) is 10.4. The molecule has 0 aliphatic rings. The molecule has 0 fully saturated rings. The van der Waals surface area contributed by atoms with E-state index in [9.17, 15) is 0 Å². The molecule has 0 aliphatic heterocycles. The first kappa shape index (κ1) is 11.1. The van der Waals surface area contributed by atoms with Gasteiger partial charge in [-0.15, -0.1) is 11.6 Å². The lowest BCUT2D eigenvalue weighted by Crippen LogP contribution is -2.14. The van der Waals surface area contributed by atoms with Crippen LogP contribution >= 0.6 is 11.6 Å². The summed E-state index contributed by atoms with van der Waals surface area (Å²) in [6.07, 6.45) is 2.66. The molecular formula is C10H15ClN2O. The topological polar surface area (TPSA) is 34.2 Å². The van der Waals surface area contributed by atoms with Gasteiger partial charge < -0.3 is 10.1 Å². The fourth-order valence-corrected chi connectivity index (χ4v) is 1.12. The van der Waals surface area contributed by atoms with Crippen molar-refractivity contribution in [2.75, 3.05) is 19.0 Å². The summed E-state index contributed by atoms with van der Waals surface area (Å²) < 4.78 is 5.14. The van der Waals surface area contributed by atoms with Crippen molar-refractivity contribution >= 4 is 17.4 Å².